The van der Waals surface area contributed by atoms with Crippen molar-refractivity contribution in [3.63, 3.8) is 0 Å². The number of hydrogen-bond acceptors (Lipinski definition) is 4. The molecule has 0 saturated heterocycles. The number of nitrogens with two attached hydrogens (primary N) is 1. The van der Waals surface area contributed by atoms with Crippen LogP contribution in [0.2, 0.25) is 0 Å². The van der Waals surface area contributed by atoms with Gasteiger partial charge in [-0.3, -0.25) is 5.84 Å². The van der Waals surface area contributed by atoms with E-state index in [2.05, 4.69) is 42.9 Å². The molecule has 0 radical (unpaired) electrons. The molecule has 0 amide bonds. The number of hydrazine groups is 1. The number of rotatable bonds is 3. The summed E-state index contributed by atoms with van der Waals surface area (Å²) in [6.45, 7) is 4.22. The smallest absolute Gasteiger partial charge is 0.0810 e. The van der Waals surface area contributed by atoms with E-state index in [0.29, 0.717) is 0 Å². The Morgan fingerprint density at radius 1 is 1.27 bits per heavy atom. The average molecular weight is 238 g/mol. The zero-order valence-electron chi connectivity index (χ0n) is 8.78. The van der Waals surface area contributed by atoms with Crippen LogP contribution >= 0.6 is 22.7 Å². The van der Waals surface area contributed by atoms with Crippen molar-refractivity contribution >= 4 is 22.7 Å². The third-order valence-electron chi connectivity index (χ3n) is 2.30. The molecular weight excluding hydrogens is 224 g/mol. The Hall–Kier alpha value is -0.680. The lowest BCUT2D eigenvalue weighted by Crippen LogP contribution is -2.27. The van der Waals surface area contributed by atoms with Gasteiger partial charge in [0, 0.05) is 14.6 Å². The van der Waals surface area contributed by atoms with Crippen LogP contribution in [0.3, 0.4) is 0 Å². The Balaban J connectivity index is 2.32. The van der Waals surface area contributed by atoms with E-state index in [-0.39, 0.29) is 6.04 Å². The normalized spacial score (nSPS) is 13.0. The molecule has 2 nitrogen and oxygen atoms in total. The first kappa shape index (κ1) is 10.8. The van der Waals surface area contributed by atoms with Gasteiger partial charge in [-0.15, -0.1) is 22.7 Å². The van der Waals surface area contributed by atoms with Gasteiger partial charge in [-0.25, -0.2) is 5.43 Å². The first-order valence-corrected chi connectivity index (χ1v) is 6.48. The summed E-state index contributed by atoms with van der Waals surface area (Å²) in [4.78, 5) is 3.91. The van der Waals surface area contributed by atoms with Crippen molar-refractivity contribution in [2.45, 2.75) is 19.9 Å². The Morgan fingerprint density at radius 3 is 2.53 bits per heavy atom. The summed E-state index contributed by atoms with van der Waals surface area (Å²) in [5.41, 5.74) is 4.13. The molecule has 0 aromatic carbocycles. The molecule has 0 bridgehead atoms. The Kier molecular flexibility index (Phi) is 3.21. The van der Waals surface area contributed by atoms with Gasteiger partial charge < -0.3 is 0 Å². The minimum Gasteiger partial charge on any atom is -0.271 e. The fourth-order valence-electron chi connectivity index (χ4n) is 1.57. The summed E-state index contributed by atoms with van der Waals surface area (Å²) < 4.78 is 0. The minimum atomic E-state index is 0.133. The summed E-state index contributed by atoms with van der Waals surface area (Å²) >= 11 is 3.55. The van der Waals surface area contributed by atoms with Crippen LogP contribution in [-0.4, -0.2) is 0 Å². The van der Waals surface area contributed by atoms with Gasteiger partial charge in [0.2, 0.25) is 0 Å². The van der Waals surface area contributed by atoms with Crippen LogP contribution in [0.5, 0.6) is 0 Å². The molecule has 1 unspecified atom stereocenters. The fraction of sp³-hybridized carbons (Fsp3) is 0.273. The zero-order chi connectivity index (χ0) is 10.8. The molecule has 0 aliphatic rings. The van der Waals surface area contributed by atoms with Crippen molar-refractivity contribution < 1.29 is 0 Å². The molecule has 4 heteroatoms. The number of nitrogens with one attached hydrogen (secondary N) is 1. The van der Waals surface area contributed by atoms with Crippen molar-refractivity contribution in [1.82, 2.24) is 5.43 Å². The molecule has 0 saturated carbocycles. The Bertz CT molecular complexity index is 405. The van der Waals surface area contributed by atoms with Crippen molar-refractivity contribution in [2.75, 3.05) is 0 Å². The van der Waals surface area contributed by atoms with E-state index in [1.165, 1.54) is 20.2 Å². The Morgan fingerprint density at radius 2 is 2.07 bits per heavy atom. The number of hydrogen-bond donors (Lipinski definition) is 2. The van der Waals surface area contributed by atoms with Crippen molar-refractivity contribution in [1.29, 1.82) is 0 Å². The maximum atomic E-state index is 5.62. The van der Waals surface area contributed by atoms with Crippen LogP contribution in [0.4, 0.5) is 0 Å². The molecule has 0 fully saturated rings. The molecule has 2 heterocycles. The summed E-state index contributed by atoms with van der Waals surface area (Å²) in [6.07, 6.45) is 0. The fourth-order valence-corrected chi connectivity index (χ4v) is 3.26. The van der Waals surface area contributed by atoms with Crippen molar-refractivity contribution in [3.8, 4) is 0 Å². The predicted octanol–water partition coefficient (Wildman–Crippen LogP) is 2.98. The third-order valence-corrected chi connectivity index (χ3v) is 4.24. The van der Waals surface area contributed by atoms with E-state index >= 15 is 0 Å². The molecule has 0 aliphatic carbocycles. The maximum Gasteiger partial charge on any atom is 0.0810 e. The largest absolute Gasteiger partial charge is 0.271 e. The molecule has 3 N–H and O–H groups in total. The van der Waals surface area contributed by atoms with Gasteiger partial charge in [0.1, 0.15) is 0 Å². The molecule has 80 valence electrons. The molecule has 2 aromatic heterocycles. The topological polar surface area (TPSA) is 38.0 Å². The molecule has 1 atom stereocenters. The quantitative estimate of drug-likeness (QED) is 0.637. The van der Waals surface area contributed by atoms with E-state index in [9.17, 15) is 0 Å². The highest BCUT2D eigenvalue weighted by Crippen LogP contribution is 2.30. The van der Waals surface area contributed by atoms with Gasteiger partial charge in [-0.2, -0.15) is 0 Å². The van der Waals surface area contributed by atoms with E-state index in [1.54, 1.807) is 22.7 Å². The maximum absolute atomic E-state index is 5.62. The number of aryl methyl sites for hydroxylation is 2. The summed E-state index contributed by atoms with van der Waals surface area (Å²) in [6, 6.07) is 6.58. The van der Waals surface area contributed by atoms with Crippen LogP contribution < -0.4 is 11.3 Å². The van der Waals surface area contributed by atoms with Gasteiger partial charge in [0.25, 0.3) is 0 Å². The highest BCUT2D eigenvalue weighted by Gasteiger charge is 2.14. The van der Waals surface area contributed by atoms with E-state index in [4.69, 9.17) is 5.84 Å². The second kappa shape index (κ2) is 4.45. The lowest BCUT2D eigenvalue weighted by Gasteiger charge is -2.12. The van der Waals surface area contributed by atoms with Crippen LogP contribution in [0.15, 0.2) is 23.6 Å². The zero-order valence-corrected chi connectivity index (χ0v) is 10.4. The highest BCUT2D eigenvalue weighted by molar-refractivity contribution is 7.12. The van der Waals surface area contributed by atoms with E-state index in [1.807, 2.05) is 0 Å². The highest BCUT2D eigenvalue weighted by atomic mass is 32.1. The van der Waals surface area contributed by atoms with Gasteiger partial charge in [-0.1, -0.05) is 0 Å². The van der Waals surface area contributed by atoms with E-state index in [0.717, 1.165) is 0 Å². The van der Waals surface area contributed by atoms with Crippen molar-refractivity contribution in [3.05, 3.63) is 43.8 Å². The standard InChI is InChI=1S/C11H14N2S2/c1-7-3-4-10(15-7)11(13-12)9-5-8(2)14-6-9/h3-6,11,13H,12H2,1-2H3. The minimum absolute atomic E-state index is 0.133. The monoisotopic (exact) mass is 238 g/mol. The second-order valence-electron chi connectivity index (χ2n) is 3.54. The lowest BCUT2D eigenvalue weighted by atomic mass is 10.1. The molecule has 2 rings (SSSR count). The summed E-state index contributed by atoms with van der Waals surface area (Å²) in [5.74, 6) is 5.62. The Labute approximate surface area is 97.7 Å². The predicted molar refractivity (Wildman–Crippen MR) is 67.3 cm³/mol. The van der Waals surface area contributed by atoms with Crippen LogP contribution in [0, 0.1) is 13.8 Å². The molecule has 15 heavy (non-hydrogen) atoms. The van der Waals surface area contributed by atoms with Gasteiger partial charge in [0.15, 0.2) is 0 Å². The SMILES string of the molecule is Cc1cc(C(NN)c2ccc(C)s2)cs1. The van der Waals surface area contributed by atoms with Gasteiger partial charge in [-0.05, 0) is 43.0 Å². The van der Waals surface area contributed by atoms with Gasteiger partial charge in [0.05, 0.1) is 6.04 Å². The summed E-state index contributed by atoms with van der Waals surface area (Å²) in [5, 5.41) is 2.16. The van der Waals surface area contributed by atoms with E-state index < -0.39 is 0 Å². The molecule has 0 aliphatic heterocycles. The first-order chi connectivity index (χ1) is 7.20. The third kappa shape index (κ3) is 2.29. The first-order valence-electron chi connectivity index (χ1n) is 4.78. The van der Waals surface area contributed by atoms with Crippen LogP contribution in [-0.2, 0) is 0 Å². The molecular formula is C11H14N2S2. The van der Waals surface area contributed by atoms with Gasteiger partial charge >= 0.3 is 0 Å². The van der Waals surface area contributed by atoms with Crippen molar-refractivity contribution in [2.24, 2.45) is 5.84 Å². The number of thiophene rings is 2. The van der Waals surface area contributed by atoms with Crippen LogP contribution in [0.25, 0.3) is 0 Å². The molecule has 0 spiro atoms. The second-order valence-corrected chi connectivity index (χ2v) is 5.97. The molecule has 2 aromatic rings. The lowest BCUT2D eigenvalue weighted by molar-refractivity contribution is 0.648. The van der Waals surface area contributed by atoms with Crippen LogP contribution in [0.1, 0.15) is 26.2 Å². The summed E-state index contributed by atoms with van der Waals surface area (Å²) in [7, 11) is 0. The average Bonchev–Trinajstić information content (AvgIpc) is 2.78.